The minimum absolute atomic E-state index is 0.116. The number of aliphatic hydroxyl groups is 7. The van der Waals surface area contributed by atoms with Gasteiger partial charge in [-0.05, 0) is 19.3 Å². The molecule has 21 heteroatoms. The molecule has 3 fully saturated rings. The van der Waals surface area contributed by atoms with Crippen LogP contribution in [0.1, 0.15) is 25.7 Å². The Hall–Kier alpha value is -2.19. The molecule has 3 aliphatic rings. The van der Waals surface area contributed by atoms with Gasteiger partial charge in [0.05, 0.1) is 18.7 Å². The van der Waals surface area contributed by atoms with Crippen LogP contribution in [0.5, 0.6) is 0 Å². The molecule has 0 aromatic heterocycles. The van der Waals surface area contributed by atoms with E-state index in [4.69, 9.17) is 47.0 Å². The summed E-state index contributed by atoms with van der Waals surface area (Å²) >= 11 is 0. The predicted octanol–water partition coefficient (Wildman–Crippen LogP) is -8.44. The molecule has 1 saturated carbocycles. The van der Waals surface area contributed by atoms with E-state index in [1.165, 1.54) is 0 Å². The molecular formula is C26H48N6O15. The highest BCUT2D eigenvalue weighted by Gasteiger charge is 2.53. The average molecular weight is 685 g/mol. The first-order chi connectivity index (χ1) is 22.1. The third-order valence-corrected chi connectivity index (χ3v) is 8.45. The SMILES string of the molecule is NCC1O[C@H](O[C@@H]2C(N)C[C@@H](NC(=O)[C@@H](O)CCNC(=O)CC[C@H](N)C(=O)O)C(O)[C@H]2O[C@@H]2O[C@H](CO)[C@H](O)C2O)C(N)[C@@H](O)[C@@H]1O. The fourth-order valence-corrected chi connectivity index (χ4v) is 5.53. The number of carbonyl (C=O) groups excluding carboxylic acids is 2. The van der Waals surface area contributed by atoms with Gasteiger partial charge in [0.1, 0.15) is 67.1 Å². The molecule has 0 spiro atoms. The highest BCUT2D eigenvalue weighted by atomic mass is 16.7. The number of carboxylic acid groups (broad SMARTS) is 1. The number of amides is 2. The number of nitrogens with two attached hydrogens (primary N) is 4. The molecule has 2 amide bonds. The molecule has 18 N–H and O–H groups in total. The molecule has 3 rings (SSSR count). The van der Waals surface area contributed by atoms with Crippen LogP contribution in [0.25, 0.3) is 0 Å². The van der Waals surface area contributed by atoms with Crippen LogP contribution in [-0.4, -0.2) is 176 Å². The van der Waals surface area contributed by atoms with Gasteiger partial charge in [-0.25, -0.2) is 0 Å². The van der Waals surface area contributed by atoms with E-state index in [-0.39, 0.29) is 38.8 Å². The Balaban J connectivity index is 1.69. The summed E-state index contributed by atoms with van der Waals surface area (Å²) in [5.41, 5.74) is 23.4. The molecular weight excluding hydrogens is 636 g/mol. The van der Waals surface area contributed by atoms with Crippen LogP contribution in [0, 0.1) is 0 Å². The van der Waals surface area contributed by atoms with E-state index in [9.17, 15) is 50.1 Å². The Morgan fingerprint density at radius 1 is 0.872 bits per heavy atom. The molecule has 5 unspecified atom stereocenters. The van der Waals surface area contributed by atoms with Gasteiger partial charge < -0.3 is 93.4 Å². The van der Waals surface area contributed by atoms with Crippen LogP contribution >= 0.6 is 0 Å². The number of carbonyl (C=O) groups is 3. The molecule has 21 nitrogen and oxygen atoms in total. The fraction of sp³-hybridized carbons (Fsp3) is 0.885. The van der Waals surface area contributed by atoms with Crippen molar-refractivity contribution in [2.45, 2.75) is 123 Å². The molecule has 2 saturated heterocycles. The maximum atomic E-state index is 12.8. The summed E-state index contributed by atoms with van der Waals surface area (Å²) in [6.45, 7) is -1.05. The molecule has 0 aromatic carbocycles. The Bertz CT molecular complexity index is 1050. The summed E-state index contributed by atoms with van der Waals surface area (Å²) in [5.74, 6) is -2.75. The molecule has 2 aliphatic heterocycles. The van der Waals surface area contributed by atoms with Gasteiger partial charge in [0, 0.05) is 25.6 Å². The normalized spacial score (nSPS) is 40.4. The average Bonchev–Trinajstić information content (AvgIpc) is 3.31. The van der Waals surface area contributed by atoms with Crippen molar-refractivity contribution in [3.63, 3.8) is 0 Å². The fourth-order valence-electron chi connectivity index (χ4n) is 5.53. The number of hydrogen-bond donors (Lipinski definition) is 14. The van der Waals surface area contributed by atoms with Crippen molar-refractivity contribution in [1.29, 1.82) is 0 Å². The van der Waals surface area contributed by atoms with Crippen molar-refractivity contribution in [3.05, 3.63) is 0 Å². The van der Waals surface area contributed by atoms with Gasteiger partial charge in [-0.2, -0.15) is 0 Å². The maximum Gasteiger partial charge on any atom is 0.320 e. The van der Waals surface area contributed by atoms with E-state index >= 15 is 0 Å². The van der Waals surface area contributed by atoms with E-state index in [0.717, 1.165) is 0 Å². The molecule has 2 heterocycles. The number of carboxylic acids is 1. The van der Waals surface area contributed by atoms with Gasteiger partial charge in [-0.15, -0.1) is 0 Å². The highest BCUT2D eigenvalue weighted by molar-refractivity contribution is 5.81. The topological polar surface area (TPSA) is 378 Å². The van der Waals surface area contributed by atoms with Crippen molar-refractivity contribution < 1.29 is 74.2 Å². The number of aliphatic hydroxyl groups excluding tert-OH is 7. The monoisotopic (exact) mass is 684 g/mol. The largest absolute Gasteiger partial charge is 0.480 e. The molecule has 0 radical (unpaired) electrons. The number of ether oxygens (including phenoxy) is 4. The van der Waals surface area contributed by atoms with E-state index in [1.54, 1.807) is 0 Å². The Labute approximate surface area is 269 Å². The van der Waals surface area contributed by atoms with Crippen LogP contribution < -0.4 is 33.6 Å². The van der Waals surface area contributed by atoms with Crippen LogP contribution in [0.15, 0.2) is 0 Å². The van der Waals surface area contributed by atoms with Gasteiger partial charge in [0.25, 0.3) is 0 Å². The molecule has 47 heavy (non-hydrogen) atoms. The standard InChI is InChI=1S/C26H48N6O15/c27-6-12-17(37)19(39)15(30)25(44-12)46-21-9(29)5-10(16(36)22(21)47-26-20(40)18(38)13(7-33)45-26)32-23(41)11(34)3-4-31-14(35)2-1-8(28)24(42)43/h8-13,15-22,25-26,33-34,36-40H,1-7,27-30H2,(H,31,35)(H,32,41)(H,42,43)/t8-,9?,10+,11-,12?,13+,15?,16?,17+,18-,19+,20?,21+,22+,25+,26-/m0/s1. The lowest BCUT2D eigenvalue weighted by Gasteiger charge is -2.48. The lowest BCUT2D eigenvalue weighted by molar-refractivity contribution is -0.307. The first kappa shape index (κ1) is 39.3. The number of hydrogen-bond acceptors (Lipinski definition) is 18. The molecule has 0 bridgehead atoms. The molecule has 0 aromatic rings. The minimum Gasteiger partial charge on any atom is -0.480 e. The molecule has 16 atom stereocenters. The van der Waals surface area contributed by atoms with Crippen molar-refractivity contribution in [2.75, 3.05) is 19.7 Å². The quantitative estimate of drug-likeness (QED) is 0.0761. The van der Waals surface area contributed by atoms with Crippen molar-refractivity contribution in [1.82, 2.24) is 10.6 Å². The van der Waals surface area contributed by atoms with Gasteiger partial charge >= 0.3 is 5.97 Å². The third kappa shape index (κ3) is 9.71. The summed E-state index contributed by atoms with van der Waals surface area (Å²) in [5, 5.41) is 86.2. The van der Waals surface area contributed by atoms with Gasteiger partial charge in [0.15, 0.2) is 12.6 Å². The smallest absolute Gasteiger partial charge is 0.320 e. The minimum atomic E-state index is -1.69. The second-order valence-corrected chi connectivity index (χ2v) is 11.9. The van der Waals surface area contributed by atoms with Crippen molar-refractivity contribution in [3.8, 4) is 0 Å². The first-order valence-corrected chi connectivity index (χ1v) is 15.2. The van der Waals surface area contributed by atoms with Crippen LogP contribution in [-0.2, 0) is 33.3 Å². The van der Waals surface area contributed by atoms with Crippen LogP contribution in [0.4, 0.5) is 0 Å². The summed E-state index contributed by atoms with van der Waals surface area (Å²) in [6.07, 6.45) is -18.5. The summed E-state index contributed by atoms with van der Waals surface area (Å²) in [6, 6.07) is -4.79. The lowest BCUT2D eigenvalue weighted by Crippen LogP contribution is -2.69. The Kier molecular flexibility index (Phi) is 14.6. The lowest BCUT2D eigenvalue weighted by atomic mass is 9.83. The highest BCUT2D eigenvalue weighted by Crippen LogP contribution is 2.32. The number of aliphatic carboxylic acids is 1. The number of nitrogens with one attached hydrogen (secondary N) is 2. The molecule has 272 valence electrons. The van der Waals surface area contributed by atoms with Crippen LogP contribution in [0.2, 0.25) is 0 Å². The Morgan fingerprint density at radius 2 is 1.49 bits per heavy atom. The van der Waals surface area contributed by atoms with Crippen LogP contribution in [0.3, 0.4) is 0 Å². The summed E-state index contributed by atoms with van der Waals surface area (Å²) in [7, 11) is 0. The van der Waals surface area contributed by atoms with E-state index < -0.39 is 122 Å². The molecule has 1 aliphatic carbocycles. The van der Waals surface area contributed by atoms with Crippen molar-refractivity contribution >= 4 is 17.8 Å². The van der Waals surface area contributed by atoms with E-state index in [1.807, 2.05) is 0 Å². The third-order valence-electron chi connectivity index (χ3n) is 8.45. The van der Waals surface area contributed by atoms with Gasteiger partial charge in [-0.1, -0.05) is 0 Å². The summed E-state index contributed by atoms with van der Waals surface area (Å²) in [4.78, 5) is 35.5. The zero-order chi connectivity index (χ0) is 35.2. The van der Waals surface area contributed by atoms with E-state index in [2.05, 4.69) is 10.6 Å². The first-order valence-electron chi connectivity index (χ1n) is 15.2. The number of rotatable bonds is 15. The zero-order valence-corrected chi connectivity index (χ0v) is 25.4. The van der Waals surface area contributed by atoms with Gasteiger partial charge in [-0.3, -0.25) is 14.4 Å². The van der Waals surface area contributed by atoms with Gasteiger partial charge in [0.2, 0.25) is 11.8 Å². The summed E-state index contributed by atoms with van der Waals surface area (Å²) < 4.78 is 22.8. The maximum absolute atomic E-state index is 12.8. The van der Waals surface area contributed by atoms with Crippen molar-refractivity contribution in [2.24, 2.45) is 22.9 Å². The predicted molar refractivity (Wildman–Crippen MR) is 154 cm³/mol. The Morgan fingerprint density at radius 3 is 2.09 bits per heavy atom. The second-order valence-electron chi connectivity index (χ2n) is 11.9. The second kappa shape index (κ2) is 17.5. The zero-order valence-electron chi connectivity index (χ0n) is 25.4. The van der Waals surface area contributed by atoms with E-state index in [0.29, 0.717) is 0 Å².